The highest BCUT2D eigenvalue weighted by Gasteiger charge is 2.38. The number of aryl methyl sites for hydroxylation is 2. The Hall–Kier alpha value is -1.24. The highest BCUT2D eigenvalue weighted by Crippen LogP contribution is 2.19. The van der Waals surface area contributed by atoms with Gasteiger partial charge in [0.05, 0.1) is 16.4 Å². The summed E-state index contributed by atoms with van der Waals surface area (Å²) in [4.78, 5) is 10.5. The molecule has 1 heterocycles. The molecule has 8 heteroatoms. The maximum atomic E-state index is 11.9. The van der Waals surface area contributed by atoms with E-state index >= 15 is 0 Å². The number of hydrogen-bond donors (Lipinski definition) is 1. The van der Waals surface area contributed by atoms with Gasteiger partial charge in [0.2, 0.25) is 0 Å². The van der Waals surface area contributed by atoms with E-state index in [9.17, 15) is 18.0 Å². The first-order valence-electron chi connectivity index (χ1n) is 5.28. The van der Waals surface area contributed by atoms with E-state index in [1.165, 1.54) is 0 Å². The summed E-state index contributed by atoms with van der Waals surface area (Å²) >= 11 is 5.92. The van der Waals surface area contributed by atoms with Gasteiger partial charge in [-0.3, -0.25) is 9.48 Å². The molecule has 1 rings (SSSR count). The summed E-state index contributed by atoms with van der Waals surface area (Å²) in [5, 5.41) is 6.47. The van der Waals surface area contributed by atoms with Crippen molar-refractivity contribution in [1.29, 1.82) is 0 Å². The van der Waals surface area contributed by atoms with Gasteiger partial charge in [-0.15, -0.1) is 0 Å². The Morgan fingerprint density at radius 3 is 2.50 bits per heavy atom. The number of carbonyl (C=O) groups excluding carboxylic acids is 1. The first-order valence-corrected chi connectivity index (χ1v) is 5.66. The summed E-state index contributed by atoms with van der Waals surface area (Å²) in [5.74, 6) is -1.92. The predicted molar refractivity (Wildman–Crippen MR) is 60.4 cm³/mol. The molecule has 0 saturated carbocycles. The predicted octanol–water partition coefficient (Wildman–Crippen LogP) is 2.22. The molecule has 18 heavy (non-hydrogen) atoms. The van der Waals surface area contributed by atoms with E-state index in [1.54, 1.807) is 23.8 Å². The molecule has 0 fully saturated rings. The fourth-order valence-corrected chi connectivity index (χ4v) is 1.56. The summed E-state index contributed by atoms with van der Waals surface area (Å²) in [5.41, 5.74) is 1.44. The second-order valence-corrected chi connectivity index (χ2v) is 4.19. The van der Waals surface area contributed by atoms with Crippen molar-refractivity contribution in [3.8, 4) is 0 Å². The van der Waals surface area contributed by atoms with Crippen LogP contribution in [-0.2, 0) is 11.3 Å². The van der Waals surface area contributed by atoms with Crippen LogP contribution in [-0.4, -0.2) is 28.4 Å². The molecule has 0 aliphatic rings. The Bertz CT molecular complexity index is 442. The molecule has 1 N–H and O–H groups in total. The van der Waals surface area contributed by atoms with Gasteiger partial charge in [0, 0.05) is 13.1 Å². The van der Waals surface area contributed by atoms with E-state index < -0.39 is 12.1 Å². The zero-order valence-electron chi connectivity index (χ0n) is 9.94. The Labute approximate surface area is 107 Å². The molecule has 0 aliphatic heterocycles. The first kappa shape index (κ1) is 14.8. The van der Waals surface area contributed by atoms with Gasteiger partial charge >= 0.3 is 12.1 Å². The van der Waals surface area contributed by atoms with Crippen molar-refractivity contribution in [2.45, 2.75) is 33.0 Å². The van der Waals surface area contributed by atoms with Gasteiger partial charge in [-0.05, 0) is 20.3 Å². The van der Waals surface area contributed by atoms with E-state index in [4.69, 9.17) is 11.6 Å². The third kappa shape index (κ3) is 3.63. The van der Waals surface area contributed by atoms with Crippen LogP contribution >= 0.6 is 11.6 Å². The largest absolute Gasteiger partial charge is 0.471 e. The highest BCUT2D eigenvalue weighted by atomic mass is 35.5. The third-order valence-electron chi connectivity index (χ3n) is 2.38. The van der Waals surface area contributed by atoms with Gasteiger partial charge < -0.3 is 5.32 Å². The summed E-state index contributed by atoms with van der Waals surface area (Å²) < 4.78 is 37.2. The van der Waals surface area contributed by atoms with Crippen molar-refractivity contribution in [1.82, 2.24) is 15.1 Å². The molecule has 0 aliphatic carbocycles. The van der Waals surface area contributed by atoms with Gasteiger partial charge in [-0.25, -0.2) is 0 Å². The van der Waals surface area contributed by atoms with Gasteiger partial charge in [0.25, 0.3) is 0 Å². The van der Waals surface area contributed by atoms with E-state index in [1.807, 2.05) is 0 Å². The summed E-state index contributed by atoms with van der Waals surface area (Å²) in [6.45, 7) is 3.86. The number of hydrogen-bond acceptors (Lipinski definition) is 2. The second-order valence-electron chi connectivity index (χ2n) is 3.82. The molecule has 4 nitrogen and oxygen atoms in total. The van der Waals surface area contributed by atoms with E-state index in [0.29, 0.717) is 23.7 Å². The number of rotatable bonds is 4. The average Bonchev–Trinajstić information content (AvgIpc) is 2.51. The fraction of sp³-hybridized carbons (Fsp3) is 0.600. The van der Waals surface area contributed by atoms with Crippen molar-refractivity contribution in [2.75, 3.05) is 6.54 Å². The number of halogens is 4. The highest BCUT2D eigenvalue weighted by molar-refractivity contribution is 6.31. The lowest BCUT2D eigenvalue weighted by atomic mass is 10.3. The Balaban J connectivity index is 2.39. The van der Waals surface area contributed by atoms with Crippen molar-refractivity contribution in [3.05, 3.63) is 16.4 Å². The van der Waals surface area contributed by atoms with Gasteiger partial charge in [-0.2, -0.15) is 18.3 Å². The first-order chi connectivity index (χ1) is 8.23. The van der Waals surface area contributed by atoms with E-state index in [2.05, 4.69) is 5.10 Å². The van der Waals surface area contributed by atoms with Crippen molar-refractivity contribution >= 4 is 17.5 Å². The minimum atomic E-state index is -4.83. The van der Waals surface area contributed by atoms with Crippen molar-refractivity contribution in [2.24, 2.45) is 0 Å². The van der Waals surface area contributed by atoms with Crippen LogP contribution in [0.15, 0.2) is 0 Å². The molecule has 0 spiro atoms. The van der Waals surface area contributed by atoms with Crippen LogP contribution in [0, 0.1) is 13.8 Å². The standard InChI is InChI=1S/C10H13ClF3N3O/c1-6-8(11)7(2)17(16-6)5-3-4-15-9(18)10(12,13)14/h3-5H2,1-2H3,(H,15,18). The number of nitrogens with one attached hydrogen (secondary N) is 1. The third-order valence-corrected chi connectivity index (χ3v) is 2.93. The molecule has 0 bridgehead atoms. The number of nitrogens with zero attached hydrogens (tertiary/aromatic N) is 2. The van der Waals surface area contributed by atoms with Crippen LogP contribution < -0.4 is 5.32 Å². The lowest BCUT2D eigenvalue weighted by Crippen LogP contribution is -2.37. The topological polar surface area (TPSA) is 46.9 Å². The van der Waals surface area contributed by atoms with E-state index in [-0.39, 0.29) is 6.54 Å². The van der Waals surface area contributed by atoms with Gasteiger partial charge in [0.15, 0.2) is 0 Å². The maximum Gasteiger partial charge on any atom is 0.471 e. The minimum Gasteiger partial charge on any atom is -0.348 e. The summed E-state index contributed by atoms with van der Waals surface area (Å²) in [6.07, 6.45) is -4.48. The van der Waals surface area contributed by atoms with Crippen LogP contribution in [0.4, 0.5) is 13.2 Å². The Morgan fingerprint density at radius 1 is 1.44 bits per heavy atom. The molecule has 1 aromatic rings. The lowest BCUT2D eigenvalue weighted by molar-refractivity contribution is -0.173. The molecule has 0 atom stereocenters. The maximum absolute atomic E-state index is 11.9. The smallest absolute Gasteiger partial charge is 0.348 e. The molecular formula is C10H13ClF3N3O. The number of amides is 1. The van der Waals surface area contributed by atoms with Crippen LogP contribution in [0.5, 0.6) is 0 Å². The summed E-state index contributed by atoms with van der Waals surface area (Å²) in [6, 6.07) is 0. The number of carbonyl (C=O) groups is 1. The van der Waals surface area contributed by atoms with Crippen LogP contribution in [0.25, 0.3) is 0 Å². The van der Waals surface area contributed by atoms with Crippen molar-refractivity contribution in [3.63, 3.8) is 0 Å². The zero-order chi connectivity index (χ0) is 13.9. The monoisotopic (exact) mass is 283 g/mol. The molecule has 0 radical (unpaired) electrons. The van der Waals surface area contributed by atoms with Crippen LogP contribution in [0.3, 0.4) is 0 Å². The Kier molecular flexibility index (Phi) is 4.61. The molecular weight excluding hydrogens is 271 g/mol. The van der Waals surface area contributed by atoms with Crippen LogP contribution in [0.2, 0.25) is 5.02 Å². The Morgan fingerprint density at radius 2 is 2.06 bits per heavy atom. The second kappa shape index (κ2) is 5.60. The van der Waals surface area contributed by atoms with Gasteiger partial charge in [0.1, 0.15) is 0 Å². The van der Waals surface area contributed by atoms with E-state index in [0.717, 1.165) is 5.69 Å². The molecule has 0 unspecified atom stereocenters. The minimum absolute atomic E-state index is 0.0612. The number of aromatic nitrogens is 2. The number of alkyl halides is 3. The molecule has 0 saturated heterocycles. The molecule has 1 aromatic heterocycles. The van der Waals surface area contributed by atoms with Gasteiger partial charge in [-0.1, -0.05) is 11.6 Å². The van der Waals surface area contributed by atoms with Crippen LogP contribution in [0.1, 0.15) is 17.8 Å². The molecule has 1 amide bonds. The average molecular weight is 284 g/mol. The molecule has 0 aromatic carbocycles. The SMILES string of the molecule is Cc1nn(CCCNC(=O)C(F)(F)F)c(C)c1Cl. The summed E-state index contributed by atoms with van der Waals surface area (Å²) in [7, 11) is 0. The fourth-order valence-electron chi connectivity index (χ4n) is 1.42. The quantitative estimate of drug-likeness (QED) is 0.861. The van der Waals surface area contributed by atoms with Crippen molar-refractivity contribution < 1.29 is 18.0 Å². The zero-order valence-corrected chi connectivity index (χ0v) is 10.7. The normalized spacial score (nSPS) is 11.7. The lowest BCUT2D eigenvalue weighted by Gasteiger charge is -2.08. The molecule has 102 valence electrons.